The topological polar surface area (TPSA) is 104 Å². The highest BCUT2D eigenvalue weighted by Crippen LogP contribution is 2.29. The number of hydrogen-bond acceptors (Lipinski definition) is 6. The highest BCUT2D eigenvalue weighted by Gasteiger charge is 2.34. The Labute approximate surface area is 203 Å². The van der Waals surface area contributed by atoms with E-state index in [4.69, 9.17) is 5.73 Å². The third-order valence-corrected chi connectivity index (χ3v) is 6.64. The molecule has 4 rings (SSSR count). The van der Waals surface area contributed by atoms with Crippen LogP contribution in [-0.4, -0.2) is 66.4 Å². The number of benzene rings is 1. The lowest BCUT2D eigenvalue weighted by atomic mass is 10.1. The standard InChI is InChI=1S/C25H32F2N6O2/c26-19-4-1-3-17(13-19)10-11-29-22-9-7-21(27)33(22)23-8-6-18(15-30-23)25(35)31-16-20-5-2-12-32(20)24(34)14-28/h1,3-4,6,8,13,15,20-22,29H,2,5,7,9-12,14,16,28H2,(H,31,35)/t20-,21?,22?/m1/s1. The number of hydrogen-bond donors (Lipinski definition) is 3. The molecule has 0 radical (unpaired) electrons. The summed E-state index contributed by atoms with van der Waals surface area (Å²) in [7, 11) is 0. The van der Waals surface area contributed by atoms with E-state index < -0.39 is 6.30 Å². The van der Waals surface area contributed by atoms with Crippen LogP contribution < -0.4 is 21.3 Å². The summed E-state index contributed by atoms with van der Waals surface area (Å²) in [6.07, 6.45) is 3.36. The van der Waals surface area contributed by atoms with Gasteiger partial charge in [-0.2, -0.15) is 0 Å². The minimum Gasteiger partial charge on any atom is -0.350 e. The molecule has 2 amide bonds. The molecule has 1 aromatic carbocycles. The van der Waals surface area contributed by atoms with Gasteiger partial charge in [-0.25, -0.2) is 13.8 Å². The number of nitrogens with two attached hydrogens (primary N) is 1. The number of pyridine rings is 1. The summed E-state index contributed by atoms with van der Waals surface area (Å²) in [5, 5.41) is 6.20. The molecule has 1 aromatic heterocycles. The number of halogens is 2. The Morgan fingerprint density at radius 3 is 2.77 bits per heavy atom. The van der Waals surface area contributed by atoms with E-state index in [9.17, 15) is 18.4 Å². The zero-order chi connectivity index (χ0) is 24.8. The molecule has 2 fully saturated rings. The molecule has 2 saturated heterocycles. The number of carbonyl (C=O) groups is 2. The fraction of sp³-hybridized carbons (Fsp3) is 0.480. The second-order valence-electron chi connectivity index (χ2n) is 8.97. The number of rotatable bonds is 9. The molecule has 0 bridgehead atoms. The molecule has 188 valence electrons. The molecule has 3 heterocycles. The number of amides is 2. The van der Waals surface area contributed by atoms with Gasteiger partial charge in [-0.1, -0.05) is 12.1 Å². The molecule has 2 aliphatic rings. The zero-order valence-corrected chi connectivity index (χ0v) is 19.6. The van der Waals surface area contributed by atoms with Crippen molar-refractivity contribution in [2.45, 2.75) is 50.6 Å². The van der Waals surface area contributed by atoms with E-state index in [1.54, 1.807) is 28.0 Å². The highest BCUT2D eigenvalue weighted by molar-refractivity contribution is 5.94. The summed E-state index contributed by atoms with van der Waals surface area (Å²) in [6, 6.07) is 9.66. The van der Waals surface area contributed by atoms with E-state index in [1.165, 1.54) is 18.3 Å². The molecular weight excluding hydrogens is 454 g/mol. The van der Waals surface area contributed by atoms with Gasteiger partial charge in [-0.15, -0.1) is 0 Å². The van der Waals surface area contributed by atoms with E-state index in [-0.39, 0.29) is 36.4 Å². The summed E-state index contributed by atoms with van der Waals surface area (Å²) in [5.41, 5.74) is 6.71. The zero-order valence-electron chi connectivity index (χ0n) is 19.6. The Bertz CT molecular complexity index is 1020. The summed E-state index contributed by atoms with van der Waals surface area (Å²) in [6.45, 7) is 1.54. The minimum absolute atomic E-state index is 0.0391. The summed E-state index contributed by atoms with van der Waals surface area (Å²) in [4.78, 5) is 32.2. The van der Waals surface area contributed by atoms with Crippen LogP contribution in [0.3, 0.4) is 0 Å². The van der Waals surface area contributed by atoms with Crippen molar-refractivity contribution in [1.82, 2.24) is 20.5 Å². The smallest absolute Gasteiger partial charge is 0.252 e. The van der Waals surface area contributed by atoms with Crippen LogP contribution in [0.2, 0.25) is 0 Å². The van der Waals surface area contributed by atoms with Gasteiger partial charge in [0.05, 0.1) is 18.3 Å². The van der Waals surface area contributed by atoms with E-state index in [1.807, 2.05) is 6.07 Å². The summed E-state index contributed by atoms with van der Waals surface area (Å²) in [5.74, 6) is -0.227. The van der Waals surface area contributed by atoms with Crippen LogP contribution in [0.25, 0.3) is 0 Å². The molecular formula is C25H32F2N6O2. The van der Waals surface area contributed by atoms with Crippen molar-refractivity contribution in [2.75, 3.05) is 31.1 Å². The van der Waals surface area contributed by atoms with Gasteiger partial charge in [-0.05, 0) is 55.5 Å². The van der Waals surface area contributed by atoms with Gasteiger partial charge >= 0.3 is 0 Å². The SMILES string of the molecule is NCC(=O)N1CCC[C@@H]1CNC(=O)c1ccc(N2C(F)CCC2NCCc2cccc(F)c2)nc1. The maximum absolute atomic E-state index is 14.7. The lowest BCUT2D eigenvalue weighted by Crippen LogP contribution is -2.45. The Morgan fingerprint density at radius 1 is 1.17 bits per heavy atom. The molecule has 2 aliphatic heterocycles. The van der Waals surface area contributed by atoms with Crippen LogP contribution in [-0.2, 0) is 11.2 Å². The Hall–Kier alpha value is -3.11. The lowest BCUT2D eigenvalue weighted by molar-refractivity contribution is -0.130. The molecule has 10 heteroatoms. The number of alkyl halides is 1. The van der Waals surface area contributed by atoms with Gasteiger partial charge in [0, 0.05) is 38.3 Å². The number of likely N-dealkylation sites (tertiary alicyclic amines) is 1. The van der Waals surface area contributed by atoms with Crippen molar-refractivity contribution in [3.05, 3.63) is 59.5 Å². The van der Waals surface area contributed by atoms with Crippen LogP contribution in [0.4, 0.5) is 14.6 Å². The molecule has 8 nitrogen and oxygen atoms in total. The van der Waals surface area contributed by atoms with Gasteiger partial charge in [0.1, 0.15) is 11.6 Å². The van der Waals surface area contributed by atoms with Gasteiger partial charge < -0.3 is 20.9 Å². The first-order valence-electron chi connectivity index (χ1n) is 12.1. The number of nitrogens with one attached hydrogen (secondary N) is 2. The van der Waals surface area contributed by atoms with Crippen molar-refractivity contribution in [3.8, 4) is 0 Å². The maximum Gasteiger partial charge on any atom is 0.252 e. The predicted molar refractivity (Wildman–Crippen MR) is 129 cm³/mol. The average Bonchev–Trinajstić information content (AvgIpc) is 3.48. The Morgan fingerprint density at radius 2 is 2.03 bits per heavy atom. The first-order valence-corrected chi connectivity index (χ1v) is 12.1. The summed E-state index contributed by atoms with van der Waals surface area (Å²) < 4.78 is 28.1. The molecule has 4 N–H and O–H groups in total. The first kappa shape index (κ1) is 25.0. The monoisotopic (exact) mass is 486 g/mol. The van der Waals surface area contributed by atoms with Crippen LogP contribution in [0.5, 0.6) is 0 Å². The van der Waals surface area contributed by atoms with Crippen molar-refractivity contribution < 1.29 is 18.4 Å². The van der Waals surface area contributed by atoms with E-state index >= 15 is 0 Å². The molecule has 2 aromatic rings. The largest absolute Gasteiger partial charge is 0.350 e. The third-order valence-electron chi connectivity index (χ3n) is 6.64. The quantitative estimate of drug-likeness (QED) is 0.468. The number of aromatic nitrogens is 1. The van der Waals surface area contributed by atoms with E-state index in [2.05, 4.69) is 15.6 Å². The van der Waals surface area contributed by atoms with Crippen LogP contribution in [0.1, 0.15) is 41.6 Å². The lowest BCUT2D eigenvalue weighted by Gasteiger charge is -2.28. The fourth-order valence-electron chi connectivity index (χ4n) is 4.83. The van der Waals surface area contributed by atoms with Crippen molar-refractivity contribution in [2.24, 2.45) is 5.73 Å². The van der Waals surface area contributed by atoms with Crippen LogP contribution >= 0.6 is 0 Å². The average molecular weight is 487 g/mol. The van der Waals surface area contributed by atoms with Gasteiger partial charge in [0.25, 0.3) is 5.91 Å². The Balaban J connectivity index is 1.31. The molecule has 3 atom stereocenters. The first-order chi connectivity index (χ1) is 17.0. The Kier molecular flexibility index (Phi) is 8.25. The van der Waals surface area contributed by atoms with Crippen molar-refractivity contribution in [3.63, 3.8) is 0 Å². The number of anilines is 1. The van der Waals surface area contributed by atoms with E-state index in [0.29, 0.717) is 50.3 Å². The van der Waals surface area contributed by atoms with Crippen LogP contribution in [0.15, 0.2) is 42.6 Å². The van der Waals surface area contributed by atoms with Gasteiger partial charge in [0.15, 0.2) is 6.30 Å². The predicted octanol–water partition coefficient (Wildman–Crippen LogP) is 1.95. The molecule has 35 heavy (non-hydrogen) atoms. The third kappa shape index (κ3) is 6.12. The highest BCUT2D eigenvalue weighted by atomic mass is 19.1. The van der Waals surface area contributed by atoms with Gasteiger partial charge in [-0.3, -0.25) is 14.9 Å². The second-order valence-corrected chi connectivity index (χ2v) is 8.97. The maximum atomic E-state index is 14.7. The van der Waals surface area contributed by atoms with Crippen molar-refractivity contribution >= 4 is 17.6 Å². The fourth-order valence-corrected chi connectivity index (χ4v) is 4.83. The summed E-state index contributed by atoms with van der Waals surface area (Å²) >= 11 is 0. The van der Waals surface area contributed by atoms with Crippen molar-refractivity contribution in [1.29, 1.82) is 0 Å². The van der Waals surface area contributed by atoms with Crippen LogP contribution in [0, 0.1) is 5.82 Å². The second kappa shape index (κ2) is 11.5. The van der Waals surface area contributed by atoms with Gasteiger partial charge in [0.2, 0.25) is 5.91 Å². The minimum atomic E-state index is -1.18. The molecule has 0 aliphatic carbocycles. The number of nitrogens with zero attached hydrogens (tertiary/aromatic N) is 3. The van der Waals surface area contributed by atoms with E-state index in [0.717, 1.165) is 18.4 Å². The normalized spacial score (nSPS) is 22.0. The number of carbonyl (C=O) groups excluding carboxylic acids is 2. The molecule has 2 unspecified atom stereocenters. The molecule has 0 saturated carbocycles. The molecule has 0 spiro atoms.